The summed E-state index contributed by atoms with van der Waals surface area (Å²) in [6, 6.07) is 2.93. The van der Waals surface area contributed by atoms with Crippen molar-refractivity contribution in [2.75, 3.05) is 0 Å². The number of carboxylic acid groups (broad SMARTS) is 1. The van der Waals surface area contributed by atoms with Gasteiger partial charge in [-0.05, 0) is 12.1 Å². The molecule has 1 amide bonds. The Hall–Kier alpha value is -2.17. The number of aromatic carboxylic acids is 1. The molecule has 1 aliphatic rings. The first-order valence-electron chi connectivity index (χ1n) is 4.26. The lowest BCUT2D eigenvalue weighted by atomic mass is 10.1. The molecule has 1 N–H and O–H groups in total. The van der Waals surface area contributed by atoms with Gasteiger partial charge in [0.15, 0.2) is 0 Å². The molecule has 5 nitrogen and oxygen atoms in total. The van der Waals surface area contributed by atoms with Crippen molar-refractivity contribution in [1.29, 1.82) is 0 Å². The molecule has 5 heteroatoms. The highest BCUT2D eigenvalue weighted by molar-refractivity contribution is 5.98. The number of hydrogen-bond donors (Lipinski definition) is 1. The summed E-state index contributed by atoms with van der Waals surface area (Å²) in [7, 11) is 0. The number of carbonyl (C=O) groups excluding carboxylic acids is 1. The van der Waals surface area contributed by atoms with Crippen molar-refractivity contribution in [3.8, 4) is 0 Å². The molecule has 1 aromatic heterocycles. The number of carbonyl (C=O) groups is 2. The van der Waals surface area contributed by atoms with Gasteiger partial charge in [0, 0.05) is 12.3 Å². The zero-order valence-electron chi connectivity index (χ0n) is 7.58. The number of dihydropyridines is 1. The number of furan rings is 1. The summed E-state index contributed by atoms with van der Waals surface area (Å²) in [5.41, 5.74) is 0. The van der Waals surface area contributed by atoms with E-state index in [1.807, 2.05) is 0 Å². The highest BCUT2D eigenvalue weighted by Gasteiger charge is 2.16. The van der Waals surface area contributed by atoms with E-state index in [-0.39, 0.29) is 17.6 Å². The SMILES string of the molecule is O=C1C=CC(c2ccc(C(=O)O)o2)C=N1. The maximum atomic E-state index is 10.7. The highest BCUT2D eigenvalue weighted by Crippen LogP contribution is 2.20. The number of nitrogens with zero attached hydrogens (tertiary/aromatic N) is 1. The smallest absolute Gasteiger partial charge is 0.371 e. The molecule has 0 spiro atoms. The third kappa shape index (κ3) is 1.85. The molecule has 0 aliphatic carbocycles. The monoisotopic (exact) mass is 205 g/mol. The maximum Gasteiger partial charge on any atom is 0.371 e. The van der Waals surface area contributed by atoms with Gasteiger partial charge in [0.2, 0.25) is 5.76 Å². The molecule has 76 valence electrons. The molecule has 2 rings (SSSR count). The minimum absolute atomic E-state index is 0.122. The van der Waals surface area contributed by atoms with Crippen molar-refractivity contribution in [3.63, 3.8) is 0 Å². The first-order chi connectivity index (χ1) is 7.16. The highest BCUT2D eigenvalue weighted by atomic mass is 16.4. The third-order valence-electron chi connectivity index (χ3n) is 1.97. The average molecular weight is 205 g/mol. The number of amides is 1. The van der Waals surface area contributed by atoms with Crippen molar-refractivity contribution in [2.24, 2.45) is 4.99 Å². The lowest BCUT2D eigenvalue weighted by molar-refractivity contribution is -0.113. The van der Waals surface area contributed by atoms with Gasteiger partial charge in [-0.2, -0.15) is 0 Å². The summed E-state index contributed by atoms with van der Waals surface area (Å²) < 4.78 is 5.07. The summed E-state index contributed by atoms with van der Waals surface area (Å²) in [6.07, 6.45) is 4.36. The molecule has 1 unspecified atom stereocenters. The summed E-state index contributed by atoms with van der Waals surface area (Å²) >= 11 is 0. The van der Waals surface area contributed by atoms with Crippen molar-refractivity contribution in [1.82, 2.24) is 0 Å². The van der Waals surface area contributed by atoms with Crippen LogP contribution in [0, 0.1) is 0 Å². The first-order valence-corrected chi connectivity index (χ1v) is 4.26. The van der Waals surface area contributed by atoms with Gasteiger partial charge >= 0.3 is 5.97 Å². The van der Waals surface area contributed by atoms with Crippen LogP contribution in [0.25, 0.3) is 0 Å². The van der Waals surface area contributed by atoms with E-state index in [9.17, 15) is 9.59 Å². The Balaban J connectivity index is 2.24. The number of allylic oxidation sites excluding steroid dienone is 1. The van der Waals surface area contributed by atoms with Gasteiger partial charge in [-0.1, -0.05) is 6.08 Å². The van der Waals surface area contributed by atoms with E-state index >= 15 is 0 Å². The maximum absolute atomic E-state index is 10.7. The van der Waals surface area contributed by atoms with Crippen LogP contribution in [0.4, 0.5) is 0 Å². The minimum Gasteiger partial charge on any atom is -0.475 e. The molecular weight excluding hydrogens is 198 g/mol. The average Bonchev–Trinajstić information content (AvgIpc) is 2.68. The van der Waals surface area contributed by atoms with Crippen LogP contribution in [-0.2, 0) is 4.79 Å². The molecule has 0 aromatic carbocycles. The molecule has 0 bridgehead atoms. The Morgan fingerprint density at radius 3 is 2.80 bits per heavy atom. The van der Waals surface area contributed by atoms with Crippen molar-refractivity contribution in [2.45, 2.75) is 5.92 Å². The van der Waals surface area contributed by atoms with Gasteiger partial charge in [-0.25, -0.2) is 9.79 Å². The second kappa shape index (κ2) is 3.53. The fraction of sp³-hybridized carbons (Fsp3) is 0.100. The standard InChI is InChI=1S/C10H7NO4/c12-9-4-1-6(5-11-9)7-2-3-8(15-7)10(13)14/h1-6H,(H,13,14). The Labute approximate surface area is 84.7 Å². The van der Waals surface area contributed by atoms with Crippen LogP contribution in [0.15, 0.2) is 33.7 Å². The summed E-state index contributed by atoms with van der Waals surface area (Å²) in [4.78, 5) is 24.9. The Morgan fingerprint density at radius 1 is 1.47 bits per heavy atom. The van der Waals surface area contributed by atoms with Crippen LogP contribution in [0.2, 0.25) is 0 Å². The molecule has 2 heterocycles. The van der Waals surface area contributed by atoms with Crippen molar-refractivity contribution < 1.29 is 19.1 Å². The number of aliphatic imine (C=N–C) groups is 1. The molecule has 1 aromatic rings. The molecular formula is C10H7NO4. The lowest BCUT2D eigenvalue weighted by Gasteiger charge is -2.05. The summed E-state index contributed by atoms with van der Waals surface area (Å²) in [6.45, 7) is 0. The van der Waals surface area contributed by atoms with Gasteiger partial charge in [-0.3, -0.25) is 4.79 Å². The lowest BCUT2D eigenvalue weighted by Crippen LogP contribution is -2.03. The summed E-state index contributed by atoms with van der Waals surface area (Å²) in [5, 5.41) is 8.64. The van der Waals surface area contributed by atoms with Crippen LogP contribution in [0.1, 0.15) is 22.2 Å². The normalized spacial score (nSPS) is 19.5. The Kier molecular flexibility index (Phi) is 2.21. The molecule has 15 heavy (non-hydrogen) atoms. The van der Waals surface area contributed by atoms with E-state index in [0.29, 0.717) is 5.76 Å². The van der Waals surface area contributed by atoms with Gasteiger partial charge in [0.1, 0.15) is 5.76 Å². The first kappa shape index (κ1) is 9.39. The van der Waals surface area contributed by atoms with E-state index in [4.69, 9.17) is 9.52 Å². The minimum atomic E-state index is -1.12. The van der Waals surface area contributed by atoms with Gasteiger partial charge < -0.3 is 9.52 Å². The van der Waals surface area contributed by atoms with Gasteiger partial charge in [0.25, 0.3) is 5.91 Å². The van der Waals surface area contributed by atoms with Gasteiger partial charge in [0.05, 0.1) is 5.92 Å². The zero-order valence-corrected chi connectivity index (χ0v) is 7.58. The van der Waals surface area contributed by atoms with Crippen molar-refractivity contribution in [3.05, 3.63) is 35.8 Å². The van der Waals surface area contributed by atoms with Crippen LogP contribution < -0.4 is 0 Å². The predicted molar refractivity (Wildman–Crippen MR) is 51.0 cm³/mol. The second-order valence-corrected chi connectivity index (χ2v) is 3.01. The molecule has 1 aliphatic heterocycles. The Bertz CT molecular complexity index is 454. The quantitative estimate of drug-likeness (QED) is 0.787. The van der Waals surface area contributed by atoms with Gasteiger partial charge in [-0.15, -0.1) is 0 Å². The van der Waals surface area contributed by atoms with E-state index < -0.39 is 5.97 Å². The van der Waals surface area contributed by atoms with Crippen LogP contribution in [-0.4, -0.2) is 23.2 Å². The summed E-state index contributed by atoms with van der Waals surface area (Å²) in [5.74, 6) is -1.37. The van der Waals surface area contributed by atoms with E-state index in [1.54, 1.807) is 12.1 Å². The fourth-order valence-corrected chi connectivity index (χ4v) is 1.25. The van der Waals surface area contributed by atoms with Crippen molar-refractivity contribution >= 4 is 18.1 Å². The van der Waals surface area contributed by atoms with Crippen LogP contribution >= 0.6 is 0 Å². The zero-order chi connectivity index (χ0) is 10.8. The van der Waals surface area contributed by atoms with E-state index in [2.05, 4.69) is 4.99 Å². The second-order valence-electron chi connectivity index (χ2n) is 3.01. The third-order valence-corrected chi connectivity index (χ3v) is 1.97. The molecule has 1 atom stereocenters. The topological polar surface area (TPSA) is 79.9 Å². The number of hydrogen-bond acceptors (Lipinski definition) is 3. The molecule has 0 saturated carbocycles. The van der Waals surface area contributed by atoms with E-state index in [0.717, 1.165) is 0 Å². The number of rotatable bonds is 2. The van der Waals surface area contributed by atoms with E-state index in [1.165, 1.54) is 18.4 Å². The van der Waals surface area contributed by atoms with Crippen LogP contribution in [0.3, 0.4) is 0 Å². The Morgan fingerprint density at radius 2 is 2.27 bits per heavy atom. The molecule has 0 radical (unpaired) electrons. The fourth-order valence-electron chi connectivity index (χ4n) is 1.25. The molecule has 0 fully saturated rings. The van der Waals surface area contributed by atoms with Crippen LogP contribution in [0.5, 0.6) is 0 Å². The predicted octanol–water partition coefficient (Wildman–Crippen LogP) is 1.23. The molecule has 0 saturated heterocycles. The largest absolute Gasteiger partial charge is 0.475 e. The number of carboxylic acids is 1.